The molecule has 6 heteroatoms. The Hall–Kier alpha value is -2.47. The second-order valence-electron chi connectivity index (χ2n) is 6.20. The maximum atomic E-state index is 12.2. The van der Waals surface area contributed by atoms with Gasteiger partial charge >= 0.3 is 0 Å². The van der Waals surface area contributed by atoms with Gasteiger partial charge < -0.3 is 15.0 Å². The Morgan fingerprint density at radius 3 is 2.80 bits per heavy atom. The lowest BCUT2D eigenvalue weighted by Gasteiger charge is -2.21. The number of nitrogens with zero attached hydrogens (tertiary/aromatic N) is 3. The molecule has 1 amide bonds. The summed E-state index contributed by atoms with van der Waals surface area (Å²) in [5.41, 5.74) is 2.68. The Labute approximate surface area is 148 Å². The predicted molar refractivity (Wildman–Crippen MR) is 97.2 cm³/mol. The van der Waals surface area contributed by atoms with Crippen LogP contribution in [0.25, 0.3) is 0 Å². The first-order chi connectivity index (χ1) is 12.2. The van der Waals surface area contributed by atoms with Crippen molar-refractivity contribution >= 4 is 17.5 Å². The van der Waals surface area contributed by atoms with E-state index in [0.717, 1.165) is 31.7 Å². The molecule has 2 aromatic rings. The molecular weight excluding hydrogens is 316 g/mol. The maximum absolute atomic E-state index is 12.2. The van der Waals surface area contributed by atoms with E-state index in [2.05, 4.69) is 34.3 Å². The molecular formula is C19H24N4O2. The lowest BCUT2D eigenvalue weighted by Crippen LogP contribution is -2.32. The SMILES string of the molecule is CCN(c1cccc(C)c1)c1ncc(C(=O)NCC2CCCO2)cn1. The molecule has 1 N–H and O–H groups in total. The number of amides is 1. The van der Waals surface area contributed by atoms with Gasteiger partial charge in [-0.3, -0.25) is 4.79 Å². The van der Waals surface area contributed by atoms with E-state index in [1.165, 1.54) is 5.56 Å². The molecule has 1 aliphatic rings. The Balaban J connectivity index is 1.66. The zero-order valence-electron chi connectivity index (χ0n) is 14.7. The monoisotopic (exact) mass is 340 g/mol. The highest BCUT2D eigenvalue weighted by Crippen LogP contribution is 2.22. The number of hydrogen-bond acceptors (Lipinski definition) is 5. The van der Waals surface area contributed by atoms with Gasteiger partial charge in [0, 0.05) is 37.8 Å². The van der Waals surface area contributed by atoms with Crippen molar-refractivity contribution in [1.82, 2.24) is 15.3 Å². The number of carbonyl (C=O) groups is 1. The van der Waals surface area contributed by atoms with Crippen molar-refractivity contribution in [3.05, 3.63) is 47.8 Å². The molecule has 1 fully saturated rings. The van der Waals surface area contributed by atoms with Gasteiger partial charge in [-0.15, -0.1) is 0 Å². The third kappa shape index (κ3) is 4.33. The van der Waals surface area contributed by atoms with E-state index in [9.17, 15) is 4.79 Å². The number of anilines is 2. The Kier molecular flexibility index (Phi) is 5.60. The summed E-state index contributed by atoms with van der Waals surface area (Å²) in [5.74, 6) is 0.421. The van der Waals surface area contributed by atoms with Crippen LogP contribution in [0.1, 0.15) is 35.7 Å². The van der Waals surface area contributed by atoms with E-state index in [0.29, 0.717) is 18.1 Å². The van der Waals surface area contributed by atoms with E-state index < -0.39 is 0 Å². The minimum absolute atomic E-state index is 0.126. The second kappa shape index (κ2) is 8.07. The van der Waals surface area contributed by atoms with Gasteiger partial charge in [-0.2, -0.15) is 0 Å². The highest BCUT2D eigenvalue weighted by Gasteiger charge is 2.17. The smallest absolute Gasteiger partial charge is 0.254 e. The minimum Gasteiger partial charge on any atom is -0.376 e. The average molecular weight is 340 g/mol. The Morgan fingerprint density at radius 1 is 1.36 bits per heavy atom. The Bertz CT molecular complexity index is 712. The molecule has 3 rings (SSSR count). The first-order valence-electron chi connectivity index (χ1n) is 8.73. The molecule has 25 heavy (non-hydrogen) atoms. The van der Waals surface area contributed by atoms with Crippen LogP contribution in [0.15, 0.2) is 36.7 Å². The highest BCUT2D eigenvalue weighted by molar-refractivity contribution is 5.93. The van der Waals surface area contributed by atoms with Crippen LogP contribution in [0.3, 0.4) is 0 Å². The fraction of sp³-hybridized carbons (Fsp3) is 0.421. The number of rotatable bonds is 6. The predicted octanol–water partition coefficient (Wildman–Crippen LogP) is 2.85. The zero-order chi connectivity index (χ0) is 17.6. The van der Waals surface area contributed by atoms with Crippen LogP contribution in [0, 0.1) is 6.92 Å². The van der Waals surface area contributed by atoms with Gasteiger partial charge in [-0.05, 0) is 44.4 Å². The van der Waals surface area contributed by atoms with Crippen molar-refractivity contribution in [2.45, 2.75) is 32.8 Å². The third-order valence-corrected chi connectivity index (χ3v) is 4.29. The summed E-state index contributed by atoms with van der Waals surface area (Å²) in [6, 6.07) is 8.19. The molecule has 1 aromatic carbocycles. The summed E-state index contributed by atoms with van der Waals surface area (Å²) in [5, 5.41) is 2.89. The van der Waals surface area contributed by atoms with Crippen LogP contribution >= 0.6 is 0 Å². The van der Waals surface area contributed by atoms with Gasteiger partial charge in [0.1, 0.15) is 0 Å². The second-order valence-corrected chi connectivity index (χ2v) is 6.20. The summed E-state index contributed by atoms with van der Waals surface area (Å²) in [4.78, 5) is 23.0. The summed E-state index contributed by atoms with van der Waals surface area (Å²) >= 11 is 0. The maximum Gasteiger partial charge on any atom is 0.254 e. The molecule has 1 aliphatic heterocycles. The molecule has 0 spiro atoms. The topological polar surface area (TPSA) is 67.4 Å². The molecule has 1 unspecified atom stereocenters. The van der Waals surface area contributed by atoms with Crippen molar-refractivity contribution < 1.29 is 9.53 Å². The van der Waals surface area contributed by atoms with E-state index in [1.54, 1.807) is 12.4 Å². The average Bonchev–Trinajstić information content (AvgIpc) is 3.15. The molecule has 1 saturated heterocycles. The number of hydrogen-bond donors (Lipinski definition) is 1. The third-order valence-electron chi connectivity index (χ3n) is 4.29. The first-order valence-corrected chi connectivity index (χ1v) is 8.73. The fourth-order valence-electron chi connectivity index (χ4n) is 2.93. The van der Waals surface area contributed by atoms with Crippen LogP contribution in [0.5, 0.6) is 0 Å². The summed E-state index contributed by atoms with van der Waals surface area (Å²) in [6.07, 6.45) is 5.33. The molecule has 0 aliphatic carbocycles. The van der Waals surface area contributed by atoms with Crippen molar-refractivity contribution in [2.75, 3.05) is 24.6 Å². The summed E-state index contributed by atoms with van der Waals surface area (Å²) < 4.78 is 5.51. The number of aromatic nitrogens is 2. The van der Waals surface area contributed by atoms with Gasteiger partial charge in [0.15, 0.2) is 0 Å². The number of carbonyl (C=O) groups excluding carboxylic acids is 1. The van der Waals surface area contributed by atoms with E-state index in [1.807, 2.05) is 24.0 Å². The highest BCUT2D eigenvalue weighted by atomic mass is 16.5. The standard InChI is InChI=1S/C19H24N4O2/c1-3-23(16-7-4-6-14(2)10-16)19-21-11-15(12-22-19)18(24)20-13-17-8-5-9-25-17/h4,6-7,10-12,17H,3,5,8-9,13H2,1-2H3,(H,20,24). The van der Waals surface area contributed by atoms with Crippen LogP contribution in [-0.2, 0) is 4.74 Å². The van der Waals surface area contributed by atoms with Crippen molar-refractivity contribution in [3.63, 3.8) is 0 Å². The normalized spacial score (nSPS) is 16.6. The van der Waals surface area contributed by atoms with Crippen molar-refractivity contribution in [1.29, 1.82) is 0 Å². The summed E-state index contributed by atoms with van der Waals surface area (Å²) in [7, 11) is 0. The van der Waals surface area contributed by atoms with Crippen LogP contribution in [0.4, 0.5) is 11.6 Å². The minimum atomic E-state index is -0.166. The van der Waals surface area contributed by atoms with Gasteiger partial charge in [0.2, 0.25) is 5.95 Å². The Morgan fingerprint density at radius 2 is 2.16 bits per heavy atom. The molecule has 1 atom stereocenters. The molecule has 0 bridgehead atoms. The molecule has 1 aromatic heterocycles. The fourth-order valence-corrected chi connectivity index (χ4v) is 2.93. The van der Waals surface area contributed by atoms with E-state index >= 15 is 0 Å². The van der Waals surface area contributed by atoms with Crippen molar-refractivity contribution in [2.24, 2.45) is 0 Å². The number of aryl methyl sites for hydroxylation is 1. The molecule has 0 saturated carbocycles. The van der Waals surface area contributed by atoms with Gasteiger partial charge in [0.25, 0.3) is 5.91 Å². The van der Waals surface area contributed by atoms with Gasteiger partial charge in [-0.25, -0.2) is 9.97 Å². The first kappa shape index (κ1) is 17.4. The van der Waals surface area contributed by atoms with Gasteiger partial charge in [-0.1, -0.05) is 12.1 Å². The lowest BCUT2D eigenvalue weighted by molar-refractivity contribution is 0.0857. The molecule has 6 nitrogen and oxygen atoms in total. The van der Waals surface area contributed by atoms with Crippen LogP contribution in [0.2, 0.25) is 0 Å². The van der Waals surface area contributed by atoms with Gasteiger partial charge in [0.05, 0.1) is 11.7 Å². The van der Waals surface area contributed by atoms with Crippen LogP contribution < -0.4 is 10.2 Å². The van der Waals surface area contributed by atoms with Crippen LogP contribution in [-0.4, -0.2) is 41.7 Å². The quantitative estimate of drug-likeness (QED) is 0.876. The van der Waals surface area contributed by atoms with E-state index in [4.69, 9.17) is 4.74 Å². The largest absolute Gasteiger partial charge is 0.376 e. The molecule has 2 heterocycles. The summed E-state index contributed by atoms with van der Waals surface area (Å²) in [6.45, 7) is 6.16. The number of benzene rings is 1. The number of ether oxygens (including phenoxy) is 1. The lowest BCUT2D eigenvalue weighted by atomic mass is 10.2. The van der Waals surface area contributed by atoms with Crippen molar-refractivity contribution in [3.8, 4) is 0 Å². The molecule has 132 valence electrons. The van der Waals surface area contributed by atoms with E-state index in [-0.39, 0.29) is 12.0 Å². The number of nitrogens with one attached hydrogen (secondary N) is 1. The zero-order valence-corrected chi connectivity index (χ0v) is 14.7. The molecule has 0 radical (unpaired) electrons.